The Morgan fingerprint density at radius 1 is 1.12 bits per heavy atom. The molecule has 1 aromatic rings. The van der Waals surface area contributed by atoms with E-state index in [0.29, 0.717) is 5.41 Å². The number of nitrogens with zero attached hydrogens (tertiary/aromatic N) is 1. The maximum Gasteiger partial charge on any atom is 0.0622 e. The molecular weight excluding hydrogens is 194 g/mol. The first-order valence-corrected chi connectivity index (χ1v) is 6.26. The van der Waals surface area contributed by atoms with Gasteiger partial charge in [0.25, 0.3) is 0 Å². The minimum Gasteiger partial charge on any atom is -0.265 e. The topological polar surface area (TPSA) is 12.4 Å². The van der Waals surface area contributed by atoms with E-state index in [1.54, 1.807) is 0 Å². The van der Waals surface area contributed by atoms with Crippen LogP contribution in [-0.4, -0.2) is 6.72 Å². The van der Waals surface area contributed by atoms with Crippen molar-refractivity contribution in [1.29, 1.82) is 0 Å². The van der Waals surface area contributed by atoms with Crippen molar-refractivity contribution in [1.82, 2.24) is 0 Å². The molecule has 0 bridgehead atoms. The summed E-state index contributed by atoms with van der Waals surface area (Å²) < 4.78 is 0. The molecule has 86 valence electrons. The molecule has 0 N–H and O–H groups in total. The van der Waals surface area contributed by atoms with Crippen LogP contribution in [0, 0.1) is 5.92 Å². The van der Waals surface area contributed by atoms with Gasteiger partial charge < -0.3 is 0 Å². The van der Waals surface area contributed by atoms with E-state index in [1.165, 1.54) is 31.2 Å². The zero-order chi connectivity index (χ0) is 11.6. The SMILES string of the molecule is C=Nc1ccc(C2(C(C)C)CCCC2)cc1. The first-order valence-electron chi connectivity index (χ1n) is 6.26. The van der Waals surface area contributed by atoms with E-state index in [4.69, 9.17) is 0 Å². The summed E-state index contributed by atoms with van der Waals surface area (Å²) in [6.45, 7) is 8.26. The van der Waals surface area contributed by atoms with E-state index in [0.717, 1.165) is 11.6 Å². The van der Waals surface area contributed by atoms with Gasteiger partial charge in [0.1, 0.15) is 0 Å². The van der Waals surface area contributed by atoms with Crippen molar-refractivity contribution in [2.75, 3.05) is 0 Å². The quantitative estimate of drug-likeness (QED) is 0.659. The van der Waals surface area contributed by atoms with E-state index >= 15 is 0 Å². The maximum atomic E-state index is 3.96. The summed E-state index contributed by atoms with van der Waals surface area (Å²) in [6, 6.07) is 8.67. The van der Waals surface area contributed by atoms with Gasteiger partial charge in [0.15, 0.2) is 0 Å². The molecule has 1 nitrogen and oxygen atoms in total. The number of aliphatic imine (C=N–C) groups is 1. The van der Waals surface area contributed by atoms with E-state index in [9.17, 15) is 0 Å². The lowest BCUT2D eigenvalue weighted by atomic mass is 9.70. The van der Waals surface area contributed by atoms with Gasteiger partial charge in [-0.15, -0.1) is 0 Å². The Hall–Kier alpha value is -1.11. The predicted molar refractivity (Wildman–Crippen MR) is 70.6 cm³/mol. The van der Waals surface area contributed by atoms with Crippen LogP contribution in [0.1, 0.15) is 45.1 Å². The molecular formula is C15H21N. The molecule has 0 aromatic heterocycles. The van der Waals surface area contributed by atoms with Crippen LogP contribution in [0.15, 0.2) is 29.3 Å². The minimum atomic E-state index is 0.416. The van der Waals surface area contributed by atoms with Gasteiger partial charge in [-0.25, -0.2) is 0 Å². The van der Waals surface area contributed by atoms with Gasteiger partial charge in [0, 0.05) is 0 Å². The molecule has 1 aromatic carbocycles. The van der Waals surface area contributed by atoms with Gasteiger partial charge in [0.05, 0.1) is 5.69 Å². The van der Waals surface area contributed by atoms with Crippen molar-refractivity contribution in [3.63, 3.8) is 0 Å². The third-order valence-corrected chi connectivity index (χ3v) is 4.23. The first kappa shape index (κ1) is 11.4. The third kappa shape index (κ3) is 1.79. The van der Waals surface area contributed by atoms with E-state index in [2.05, 4.69) is 49.8 Å². The van der Waals surface area contributed by atoms with Crippen LogP contribution in [0.4, 0.5) is 5.69 Å². The molecule has 0 aliphatic heterocycles. The normalized spacial score (nSPS) is 18.9. The van der Waals surface area contributed by atoms with Gasteiger partial charge in [-0.1, -0.05) is 38.8 Å². The van der Waals surface area contributed by atoms with Crippen LogP contribution in [0.2, 0.25) is 0 Å². The van der Waals surface area contributed by atoms with Crippen molar-refractivity contribution >= 4 is 12.4 Å². The maximum absolute atomic E-state index is 3.96. The number of hydrogen-bond acceptors (Lipinski definition) is 1. The number of rotatable bonds is 3. The lowest BCUT2D eigenvalue weighted by Gasteiger charge is -2.34. The second kappa shape index (κ2) is 4.40. The third-order valence-electron chi connectivity index (χ3n) is 4.23. The monoisotopic (exact) mass is 215 g/mol. The van der Waals surface area contributed by atoms with E-state index in [1.807, 2.05) is 0 Å². The Morgan fingerprint density at radius 3 is 2.12 bits per heavy atom. The molecule has 0 unspecified atom stereocenters. The Kier molecular flexibility index (Phi) is 3.13. The van der Waals surface area contributed by atoms with Gasteiger partial charge in [0.2, 0.25) is 0 Å². The molecule has 1 heteroatoms. The van der Waals surface area contributed by atoms with Crippen molar-refractivity contribution in [2.24, 2.45) is 10.9 Å². The van der Waals surface area contributed by atoms with Crippen molar-refractivity contribution < 1.29 is 0 Å². The molecule has 0 spiro atoms. The second-order valence-corrected chi connectivity index (χ2v) is 5.22. The van der Waals surface area contributed by atoms with Gasteiger partial charge in [-0.05, 0) is 48.6 Å². The highest BCUT2D eigenvalue weighted by Crippen LogP contribution is 2.46. The van der Waals surface area contributed by atoms with Gasteiger partial charge in [-0.3, -0.25) is 4.99 Å². The second-order valence-electron chi connectivity index (χ2n) is 5.22. The smallest absolute Gasteiger partial charge is 0.0622 e. The number of benzene rings is 1. The molecule has 0 atom stereocenters. The molecule has 0 saturated heterocycles. The minimum absolute atomic E-state index is 0.416. The summed E-state index contributed by atoms with van der Waals surface area (Å²) in [5.41, 5.74) is 2.88. The van der Waals surface area contributed by atoms with Crippen LogP contribution >= 0.6 is 0 Å². The standard InChI is InChI=1S/C15H21N/c1-12(2)15(10-4-5-11-15)13-6-8-14(16-3)9-7-13/h6-9,12H,3-5,10-11H2,1-2H3. The average Bonchev–Trinajstić information content (AvgIpc) is 2.79. The summed E-state index contributed by atoms with van der Waals surface area (Å²) in [5.74, 6) is 0.720. The fourth-order valence-corrected chi connectivity index (χ4v) is 3.10. The Morgan fingerprint density at radius 2 is 1.69 bits per heavy atom. The Balaban J connectivity index is 2.35. The summed E-state index contributed by atoms with van der Waals surface area (Å²) in [4.78, 5) is 3.96. The predicted octanol–water partition coefficient (Wildman–Crippen LogP) is 4.49. The lowest BCUT2D eigenvalue weighted by molar-refractivity contribution is 0.314. The number of hydrogen-bond donors (Lipinski definition) is 0. The molecule has 1 aliphatic rings. The summed E-state index contributed by atoms with van der Waals surface area (Å²) in [5, 5.41) is 0. The van der Waals surface area contributed by atoms with Crippen molar-refractivity contribution in [2.45, 2.75) is 44.9 Å². The Labute approximate surface area is 98.6 Å². The molecule has 0 amide bonds. The molecule has 0 heterocycles. The molecule has 2 rings (SSSR count). The van der Waals surface area contributed by atoms with Gasteiger partial charge >= 0.3 is 0 Å². The van der Waals surface area contributed by atoms with E-state index in [-0.39, 0.29) is 0 Å². The summed E-state index contributed by atoms with van der Waals surface area (Å²) in [7, 11) is 0. The van der Waals surface area contributed by atoms with Crippen molar-refractivity contribution in [3.8, 4) is 0 Å². The zero-order valence-electron chi connectivity index (χ0n) is 10.4. The molecule has 1 fully saturated rings. The highest BCUT2D eigenvalue weighted by atomic mass is 14.7. The largest absolute Gasteiger partial charge is 0.265 e. The summed E-state index contributed by atoms with van der Waals surface area (Å²) >= 11 is 0. The van der Waals surface area contributed by atoms with Gasteiger partial charge in [-0.2, -0.15) is 0 Å². The van der Waals surface area contributed by atoms with Crippen LogP contribution in [0.5, 0.6) is 0 Å². The molecule has 16 heavy (non-hydrogen) atoms. The molecule has 0 radical (unpaired) electrons. The highest BCUT2D eigenvalue weighted by Gasteiger charge is 2.38. The summed E-state index contributed by atoms with van der Waals surface area (Å²) in [6.07, 6.45) is 5.43. The zero-order valence-corrected chi connectivity index (χ0v) is 10.4. The highest BCUT2D eigenvalue weighted by molar-refractivity contribution is 5.47. The average molecular weight is 215 g/mol. The lowest BCUT2D eigenvalue weighted by Crippen LogP contribution is -2.28. The van der Waals surface area contributed by atoms with Crippen molar-refractivity contribution in [3.05, 3.63) is 29.8 Å². The fraction of sp³-hybridized carbons (Fsp3) is 0.533. The molecule has 1 saturated carbocycles. The van der Waals surface area contributed by atoms with E-state index < -0.39 is 0 Å². The Bertz CT molecular complexity index is 356. The van der Waals surface area contributed by atoms with Crippen LogP contribution in [-0.2, 0) is 5.41 Å². The fourth-order valence-electron chi connectivity index (χ4n) is 3.10. The molecule has 1 aliphatic carbocycles. The van der Waals surface area contributed by atoms with Crippen LogP contribution in [0.25, 0.3) is 0 Å². The van der Waals surface area contributed by atoms with Crippen LogP contribution in [0.3, 0.4) is 0 Å². The van der Waals surface area contributed by atoms with Crippen LogP contribution < -0.4 is 0 Å². The first-order chi connectivity index (χ1) is 7.69.